The van der Waals surface area contributed by atoms with Crippen LogP contribution in [-0.4, -0.2) is 4.57 Å². The van der Waals surface area contributed by atoms with Crippen molar-refractivity contribution < 1.29 is 0 Å². The number of benzene rings is 12. The van der Waals surface area contributed by atoms with Crippen molar-refractivity contribution in [1.29, 1.82) is 0 Å². The Balaban J connectivity index is 0.991. The molecule has 0 fully saturated rings. The molecule has 3 aliphatic carbocycles. The van der Waals surface area contributed by atoms with E-state index in [2.05, 4.69) is 264 Å². The van der Waals surface area contributed by atoms with Crippen molar-refractivity contribution >= 4 is 60.4 Å². The zero-order valence-electron chi connectivity index (χ0n) is 39.1. The van der Waals surface area contributed by atoms with Gasteiger partial charge in [0.1, 0.15) is 0 Å². The molecule has 13 aromatic rings. The topological polar surface area (TPSA) is 8.17 Å². The molecule has 2 spiro atoms. The maximum atomic E-state index is 2.59. The predicted molar refractivity (Wildman–Crippen MR) is 298 cm³/mol. The molecule has 2 heterocycles. The molecule has 0 amide bonds. The summed E-state index contributed by atoms with van der Waals surface area (Å²) in [6.07, 6.45) is 0. The highest BCUT2D eigenvalue weighted by atomic mass is 15.1. The standard InChI is InChI=1S/C70H42N2/c1-2-19-46-43(18-1)40-67(54-25-4-3-20-47(46)54)71(44-36-38-52-50-23-7-12-30-59(50)69(63(52)41-44)57-28-10-5-21-48(57)49-22-6-11-29-58(49)69)45-37-39-53-51-24-8-13-31-60(51)70(64(53)42-45)61-32-14-16-35-66(61)72-65-34-15-9-26-55(65)56-27-17-33-62(70)68(56)72/h1-42H. The summed E-state index contributed by atoms with van der Waals surface area (Å²) in [4.78, 5) is 2.59. The Labute approximate surface area is 417 Å². The van der Waals surface area contributed by atoms with Crippen molar-refractivity contribution in [3.8, 4) is 39.1 Å². The van der Waals surface area contributed by atoms with Crippen molar-refractivity contribution in [2.24, 2.45) is 0 Å². The fourth-order valence-corrected chi connectivity index (χ4v) is 14.6. The van der Waals surface area contributed by atoms with Crippen LogP contribution in [-0.2, 0) is 10.8 Å². The second kappa shape index (κ2) is 13.8. The van der Waals surface area contributed by atoms with Gasteiger partial charge >= 0.3 is 0 Å². The minimum Gasteiger partial charge on any atom is -0.310 e. The summed E-state index contributed by atoms with van der Waals surface area (Å²) < 4.78 is 2.54. The van der Waals surface area contributed by atoms with E-state index in [0.29, 0.717) is 0 Å². The van der Waals surface area contributed by atoms with Crippen LogP contribution in [0.2, 0.25) is 0 Å². The largest absolute Gasteiger partial charge is 0.310 e. The summed E-state index contributed by atoms with van der Waals surface area (Å²) in [7, 11) is 0. The zero-order valence-corrected chi connectivity index (χ0v) is 39.1. The van der Waals surface area contributed by atoms with Gasteiger partial charge in [-0.2, -0.15) is 0 Å². The van der Waals surface area contributed by atoms with Crippen LogP contribution in [0.5, 0.6) is 0 Å². The molecule has 0 saturated heterocycles. The highest BCUT2D eigenvalue weighted by molar-refractivity contribution is 6.16. The Morgan fingerprint density at radius 1 is 0.278 bits per heavy atom. The highest BCUT2D eigenvalue weighted by Gasteiger charge is 2.53. The minimum absolute atomic E-state index is 0.487. The van der Waals surface area contributed by atoms with Crippen LogP contribution in [0, 0.1) is 0 Å². The predicted octanol–water partition coefficient (Wildman–Crippen LogP) is 17.6. The minimum atomic E-state index is -0.597. The van der Waals surface area contributed by atoms with Crippen molar-refractivity contribution in [1.82, 2.24) is 4.57 Å². The van der Waals surface area contributed by atoms with Crippen molar-refractivity contribution in [3.63, 3.8) is 0 Å². The van der Waals surface area contributed by atoms with Gasteiger partial charge in [0.2, 0.25) is 0 Å². The summed E-state index contributed by atoms with van der Waals surface area (Å²) in [5.41, 5.74) is 24.4. The molecular weight excluding hydrogens is 869 g/mol. The molecule has 0 N–H and O–H groups in total. The lowest BCUT2D eigenvalue weighted by atomic mass is 9.65. The normalized spacial score (nSPS) is 15.7. The first-order chi connectivity index (χ1) is 35.7. The maximum absolute atomic E-state index is 2.59. The van der Waals surface area contributed by atoms with E-state index in [9.17, 15) is 0 Å². The maximum Gasteiger partial charge on any atom is 0.0755 e. The quantitative estimate of drug-likeness (QED) is 0.160. The van der Waals surface area contributed by atoms with Crippen LogP contribution in [0.3, 0.4) is 0 Å². The van der Waals surface area contributed by atoms with E-state index >= 15 is 0 Å². The van der Waals surface area contributed by atoms with E-state index in [0.717, 1.165) is 17.1 Å². The Bertz CT molecular complexity index is 4490. The lowest BCUT2D eigenvalue weighted by Crippen LogP contribution is -2.33. The van der Waals surface area contributed by atoms with E-state index < -0.39 is 10.8 Å². The molecule has 1 aliphatic heterocycles. The monoisotopic (exact) mass is 910 g/mol. The van der Waals surface area contributed by atoms with Crippen molar-refractivity contribution in [2.75, 3.05) is 4.90 Å². The van der Waals surface area contributed by atoms with Crippen molar-refractivity contribution in [2.45, 2.75) is 10.8 Å². The number of anilines is 3. The van der Waals surface area contributed by atoms with E-state index in [1.165, 1.54) is 127 Å². The van der Waals surface area contributed by atoms with E-state index in [-0.39, 0.29) is 0 Å². The summed E-state index contributed by atoms with van der Waals surface area (Å²) in [6.45, 7) is 0. The van der Waals surface area contributed by atoms with E-state index in [4.69, 9.17) is 0 Å². The van der Waals surface area contributed by atoms with Gasteiger partial charge < -0.3 is 9.47 Å². The SMILES string of the molecule is c1ccc2c(c1)-c1ccccc1C21c2ccccc2-c2ccc(N(c3ccc4c(c3)C3(c5ccccc5-4)c4ccccc4-n4c5ccccc5c5cccc3c54)c3cc4ccccc4c4ccccc34)cc21. The lowest BCUT2D eigenvalue weighted by Gasteiger charge is -2.40. The fraction of sp³-hybridized carbons (Fsp3) is 0.0286. The van der Waals surface area contributed by atoms with Gasteiger partial charge in [0.25, 0.3) is 0 Å². The highest BCUT2D eigenvalue weighted by Crippen LogP contribution is 2.65. The molecule has 4 aliphatic rings. The first kappa shape index (κ1) is 38.6. The average molecular weight is 911 g/mol. The number of rotatable bonds is 3. The number of hydrogen-bond acceptors (Lipinski definition) is 1. The van der Waals surface area contributed by atoms with Crippen LogP contribution in [0.25, 0.3) is 82.4 Å². The van der Waals surface area contributed by atoms with Gasteiger partial charge in [0, 0.05) is 27.5 Å². The van der Waals surface area contributed by atoms with Gasteiger partial charge in [-0.15, -0.1) is 0 Å². The van der Waals surface area contributed by atoms with Crippen molar-refractivity contribution in [3.05, 3.63) is 299 Å². The molecule has 0 saturated carbocycles. The third kappa shape index (κ3) is 4.53. The summed E-state index contributed by atoms with van der Waals surface area (Å²) in [6, 6.07) is 96.8. The third-order valence-electron chi connectivity index (χ3n) is 17.2. The molecule has 1 aromatic heterocycles. The number of aromatic nitrogens is 1. The van der Waals surface area contributed by atoms with Crippen LogP contribution >= 0.6 is 0 Å². The Morgan fingerprint density at radius 2 is 0.708 bits per heavy atom. The molecule has 2 heteroatoms. The van der Waals surface area contributed by atoms with Crippen LogP contribution in [0.1, 0.15) is 44.5 Å². The molecule has 2 nitrogen and oxygen atoms in total. The number of hydrogen-bond donors (Lipinski definition) is 0. The third-order valence-corrected chi connectivity index (χ3v) is 17.2. The van der Waals surface area contributed by atoms with E-state index in [1.54, 1.807) is 0 Å². The lowest BCUT2D eigenvalue weighted by molar-refractivity contribution is 0.748. The van der Waals surface area contributed by atoms with Crippen LogP contribution < -0.4 is 4.90 Å². The second-order valence-electron chi connectivity index (χ2n) is 20.2. The Morgan fingerprint density at radius 3 is 1.32 bits per heavy atom. The summed E-state index contributed by atoms with van der Waals surface area (Å²) in [5, 5.41) is 7.48. The molecule has 72 heavy (non-hydrogen) atoms. The molecule has 12 aromatic carbocycles. The van der Waals surface area contributed by atoms with Crippen LogP contribution in [0.4, 0.5) is 17.1 Å². The smallest absolute Gasteiger partial charge is 0.0755 e. The summed E-state index contributed by atoms with van der Waals surface area (Å²) in [5.74, 6) is 0. The van der Waals surface area contributed by atoms with Gasteiger partial charge in [-0.1, -0.05) is 212 Å². The second-order valence-corrected chi connectivity index (χ2v) is 20.2. The molecule has 332 valence electrons. The van der Waals surface area contributed by atoms with Crippen LogP contribution in [0.15, 0.2) is 255 Å². The Kier molecular flexibility index (Phi) is 7.37. The van der Waals surface area contributed by atoms with Gasteiger partial charge in [0.15, 0.2) is 0 Å². The van der Waals surface area contributed by atoms with Gasteiger partial charge in [-0.25, -0.2) is 0 Å². The first-order valence-corrected chi connectivity index (χ1v) is 25.3. The van der Waals surface area contributed by atoms with Gasteiger partial charge in [-0.05, 0) is 137 Å². The number of para-hydroxylation sites is 3. The fourth-order valence-electron chi connectivity index (χ4n) is 14.6. The average Bonchev–Trinajstić information content (AvgIpc) is 4.14. The summed E-state index contributed by atoms with van der Waals surface area (Å²) >= 11 is 0. The Hall–Kier alpha value is -9.24. The number of nitrogens with zero attached hydrogens (tertiary/aromatic N) is 2. The first-order valence-electron chi connectivity index (χ1n) is 25.3. The molecule has 0 radical (unpaired) electrons. The molecule has 1 atom stereocenters. The number of fused-ring (bicyclic) bond motifs is 25. The zero-order chi connectivity index (χ0) is 46.9. The molecule has 0 bridgehead atoms. The molecule has 17 rings (SSSR count). The van der Waals surface area contributed by atoms with Gasteiger partial charge in [-0.3, -0.25) is 0 Å². The molecule has 1 unspecified atom stereocenters. The van der Waals surface area contributed by atoms with Gasteiger partial charge in [0.05, 0.1) is 33.2 Å². The van der Waals surface area contributed by atoms with E-state index in [1.807, 2.05) is 0 Å². The molecular formula is C70H42N2.